The Balaban J connectivity index is 1.67. The van der Waals surface area contributed by atoms with Crippen LogP contribution in [0.3, 0.4) is 0 Å². The molecule has 0 aromatic heterocycles. The van der Waals surface area contributed by atoms with Gasteiger partial charge >= 0.3 is 0 Å². The van der Waals surface area contributed by atoms with E-state index in [4.69, 9.17) is 4.74 Å². The molecule has 2 rings (SSSR count). The Labute approximate surface area is 125 Å². The van der Waals surface area contributed by atoms with Gasteiger partial charge in [0.2, 0.25) is 0 Å². The molecule has 1 aromatic carbocycles. The molecule has 21 heavy (non-hydrogen) atoms. The van der Waals surface area contributed by atoms with Gasteiger partial charge in [-0.2, -0.15) is 0 Å². The smallest absolute Gasteiger partial charge is 0.191 e. The largest absolute Gasteiger partial charge is 0.508 e. The fourth-order valence-electron chi connectivity index (χ4n) is 2.69. The van der Waals surface area contributed by atoms with Crippen LogP contribution in [0.25, 0.3) is 0 Å². The number of ketones is 1. The van der Waals surface area contributed by atoms with E-state index >= 15 is 0 Å². The molecule has 0 amide bonds. The van der Waals surface area contributed by atoms with Crippen LogP contribution in [0.5, 0.6) is 5.75 Å². The van der Waals surface area contributed by atoms with Crippen molar-refractivity contribution in [1.29, 1.82) is 0 Å². The second-order valence-electron chi connectivity index (χ2n) is 5.70. The van der Waals surface area contributed by atoms with Crippen LogP contribution in [-0.2, 0) is 4.74 Å². The van der Waals surface area contributed by atoms with E-state index < -0.39 is 6.10 Å². The first kappa shape index (κ1) is 16.0. The number of hydrogen-bond acceptors (Lipinski definition) is 4. The molecule has 2 N–H and O–H groups in total. The van der Waals surface area contributed by atoms with Gasteiger partial charge in [-0.15, -0.1) is 0 Å². The summed E-state index contributed by atoms with van der Waals surface area (Å²) in [5.74, 6) is -0.155. The standard InChI is InChI=1S/C17H24O4/c18-14-10-8-13(9-11-14)17(20)16(19)7-2-1-5-15-6-3-4-12-21-15/h8-11,15-16,18-19H,1-7,12H2. The van der Waals surface area contributed by atoms with Gasteiger partial charge in [-0.3, -0.25) is 4.79 Å². The SMILES string of the molecule is O=C(c1ccc(O)cc1)C(O)CCCCC1CCCCO1. The maximum Gasteiger partial charge on any atom is 0.191 e. The lowest BCUT2D eigenvalue weighted by Gasteiger charge is -2.22. The summed E-state index contributed by atoms with van der Waals surface area (Å²) < 4.78 is 5.66. The van der Waals surface area contributed by atoms with Gasteiger partial charge in [0, 0.05) is 12.2 Å². The Morgan fingerprint density at radius 2 is 2.00 bits per heavy atom. The first-order valence-electron chi connectivity index (χ1n) is 7.80. The number of carbonyl (C=O) groups excluding carboxylic acids is 1. The summed E-state index contributed by atoms with van der Waals surface area (Å²) in [5.41, 5.74) is 0.441. The van der Waals surface area contributed by atoms with Crippen LogP contribution in [0.2, 0.25) is 0 Å². The molecule has 116 valence electrons. The molecule has 0 saturated carbocycles. The molecule has 1 heterocycles. The van der Waals surface area contributed by atoms with Crippen LogP contribution in [-0.4, -0.2) is 34.8 Å². The highest BCUT2D eigenvalue weighted by atomic mass is 16.5. The summed E-state index contributed by atoms with van der Waals surface area (Å²) >= 11 is 0. The summed E-state index contributed by atoms with van der Waals surface area (Å²) in [6.07, 6.45) is 6.24. The highest BCUT2D eigenvalue weighted by molar-refractivity contribution is 5.99. The molecule has 0 bridgehead atoms. The van der Waals surface area contributed by atoms with E-state index in [0.29, 0.717) is 18.1 Å². The van der Waals surface area contributed by atoms with Crippen molar-refractivity contribution in [1.82, 2.24) is 0 Å². The van der Waals surface area contributed by atoms with Crippen molar-refractivity contribution in [3.8, 4) is 5.75 Å². The fraction of sp³-hybridized carbons (Fsp3) is 0.588. The molecule has 1 fully saturated rings. The first-order valence-corrected chi connectivity index (χ1v) is 7.80. The number of aliphatic hydroxyl groups is 1. The Hall–Kier alpha value is -1.39. The Bertz CT molecular complexity index is 435. The number of phenols is 1. The number of Topliss-reactive ketones (excluding diaryl/α,β-unsaturated/α-hetero) is 1. The number of phenolic OH excluding ortho intramolecular Hbond substituents is 1. The number of carbonyl (C=O) groups is 1. The Morgan fingerprint density at radius 1 is 1.24 bits per heavy atom. The van der Waals surface area contributed by atoms with Crippen molar-refractivity contribution >= 4 is 5.78 Å². The monoisotopic (exact) mass is 292 g/mol. The molecular weight excluding hydrogens is 268 g/mol. The van der Waals surface area contributed by atoms with Crippen molar-refractivity contribution in [2.45, 2.75) is 57.2 Å². The minimum Gasteiger partial charge on any atom is -0.508 e. The number of aliphatic hydroxyl groups excluding tert-OH is 1. The van der Waals surface area contributed by atoms with Gasteiger partial charge < -0.3 is 14.9 Å². The summed E-state index contributed by atoms with van der Waals surface area (Å²) in [7, 11) is 0. The van der Waals surface area contributed by atoms with Gasteiger partial charge in [0.05, 0.1) is 6.10 Å². The summed E-state index contributed by atoms with van der Waals surface area (Å²) in [6.45, 7) is 0.868. The third-order valence-electron chi connectivity index (χ3n) is 3.98. The van der Waals surface area contributed by atoms with Crippen molar-refractivity contribution < 1.29 is 19.7 Å². The molecule has 2 unspecified atom stereocenters. The second-order valence-corrected chi connectivity index (χ2v) is 5.70. The van der Waals surface area contributed by atoms with Crippen molar-refractivity contribution in [3.05, 3.63) is 29.8 Å². The average Bonchev–Trinajstić information content (AvgIpc) is 2.52. The Kier molecular flexibility index (Phi) is 6.21. The summed E-state index contributed by atoms with van der Waals surface area (Å²) in [6, 6.07) is 5.99. The lowest BCUT2D eigenvalue weighted by molar-refractivity contribution is 0.00932. The van der Waals surface area contributed by atoms with E-state index in [0.717, 1.165) is 38.7 Å². The molecule has 1 aromatic rings. The lowest BCUT2D eigenvalue weighted by atomic mass is 9.99. The molecule has 1 aliphatic heterocycles. The molecule has 2 atom stereocenters. The predicted molar refractivity (Wildman–Crippen MR) is 80.5 cm³/mol. The van der Waals surface area contributed by atoms with E-state index in [1.165, 1.54) is 30.7 Å². The molecule has 0 radical (unpaired) electrons. The van der Waals surface area contributed by atoms with Crippen LogP contribution in [0.1, 0.15) is 55.3 Å². The van der Waals surface area contributed by atoms with E-state index in [1.807, 2.05) is 0 Å². The predicted octanol–water partition coefficient (Wildman–Crippen LogP) is 3.07. The number of ether oxygens (including phenoxy) is 1. The molecule has 0 spiro atoms. The highest BCUT2D eigenvalue weighted by Crippen LogP contribution is 2.19. The fourth-order valence-corrected chi connectivity index (χ4v) is 2.69. The minimum absolute atomic E-state index is 0.119. The van der Waals surface area contributed by atoms with Crippen LogP contribution >= 0.6 is 0 Å². The van der Waals surface area contributed by atoms with Crippen molar-refractivity contribution in [3.63, 3.8) is 0 Å². The molecule has 1 aliphatic rings. The third-order valence-corrected chi connectivity index (χ3v) is 3.98. The molecule has 4 nitrogen and oxygen atoms in total. The number of hydrogen-bond donors (Lipinski definition) is 2. The number of rotatable bonds is 7. The van der Waals surface area contributed by atoms with Crippen LogP contribution in [0.15, 0.2) is 24.3 Å². The van der Waals surface area contributed by atoms with Gasteiger partial charge in [-0.1, -0.05) is 12.8 Å². The normalized spacial score (nSPS) is 20.1. The molecule has 4 heteroatoms. The lowest BCUT2D eigenvalue weighted by Crippen LogP contribution is -2.21. The van der Waals surface area contributed by atoms with Crippen LogP contribution < -0.4 is 0 Å². The number of aromatic hydroxyl groups is 1. The zero-order valence-corrected chi connectivity index (χ0v) is 12.3. The number of benzene rings is 1. The van der Waals surface area contributed by atoms with Crippen molar-refractivity contribution in [2.75, 3.05) is 6.61 Å². The van der Waals surface area contributed by atoms with E-state index in [1.54, 1.807) is 0 Å². The highest BCUT2D eigenvalue weighted by Gasteiger charge is 2.18. The average molecular weight is 292 g/mol. The zero-order valence-electron chi connectivity index (χ0n) is 12.3. The van der Waals surface area contributed by atoms with Gasteiger partial charge in [0.1, 0.15) is 11.9 Å². The van der Waals surface area contributed by atoms with E-state index in [-0.39, 0.29) is 11.5 Å². The van der Waals surface area contributed by atoms with Crippen molar-refractivity contribution in [2.24, 2.45) is 0 Å². The van der Waals surface area contributed by atoms with Gasteiger partial charge in [-0.05, 0) is 56.4 Å². The van der Waals surface area contributed by atoms with Gasteiger partial charge in [0.25, 0.3) is 0 Å². The second kappa shape index (κ2) is 8.15. The zero-order chi connectivity index (χ0) is 15.1. The number of unbranched alkanes of at least 4 members (excludes halogenated alkanes) is 1. The maximum atomic E-state index is 12.0. The molecule has 0 aliphatic carbocycles. The van der Waals surface area contributed by atoms with Crippen LogP contribution in [0, 0.1) is 0 Å². The summed E-state index contributed by atoms with van der Waals surface area (Å²) in [4.78, 5) is 12.0. The first-order chi connectivity index (χ1) is 10.2. The summed E-state index contributed by atoms with van der Waals surface area (Å²) in [5, 5.41) is 19.1. The van der Waals surface area contributed by atoms with E-state index in [9.17, 15) is 15.0 Å². The molecular formula is C17H24O4. The topological polar surface area (TPSA) is 66.8 Å². The maximum absolute atomic E-state index is 12.0. The van der Waals surface area contributed by atoms with Crippen LogP contribution in [0.4, 0.5) is 0 Å². The quantitative estimate of drug-likeness (QED) is 0.598. The van der Waals surface area contributed by atoms with Gasteiger partial charge in [-0.25, -0.2) is 0 Å². The van der Waals surface area contributed by atoms with Gasteiger partial charge in [0.15, 0.2) is 5.78 Å². The van der Waals surface area contributed by atoms with E-state index in [2.05, 4.69) is 0 Å². The molecule has 1 saturated heterocycles. The Morgan fingerprint density at radius 3 is 2.67 bits per heavy atom. The minimum atomic E-state index is -0.957. The third kappa shape index (κ3) is 5.14.